The second kappa shape index (κ2) is 53.8. The van der Waals surface area contributed by atoms with Crippen LogP contribution in [0, 0.1) is 22.3 Å². The smallest absolute Gasteiger partial charge is 0 e. The molecule has 3 N–H and O–H groups in total. The third-order valence-electron chi connectivity index (χ3n) is 6.37. The largest absolute Gasteiger partial charge is 0.358 e. The molecule has 0 saturated carbocycles. The van der Waals surface area contributed by atoms with Gasteiger partial charge in [0.2, 0.25) is 18.2 Å². The number of hydrogen-bond acceptors (Lipinski definition) is 19. The van der Waals surface area contributed by atoms with Gasteiger partial charge in [-0.15, -0.1) is 0 Å². The van der Waals surface area contributed by atoms with Crippen molar-refractivity contribution in [3.63, 3.8) is 0 Å². The molecule has 0 aliphatic carbocycles. The average Bonchev–Trinajstić information content (AvgIpc) is 3.20. The number of nitrogens with zero attached hydrogens (tertiary/aromatic N) is 3. The number of carbonyl (C=O) groups excluding carboxylic acids is 6. The van der Waals surface area contributed by atoms with E-state index in [1.807, 2.05) is 0 Å². The van der Waals surface area contributed by atoms with Crippen molar-refractivity contribution in [2.75, 3.05) is 79.7 Å². The first-order valence-corrected chi connectivity index (χ1v) is 47.3. The molecule has 4 atom stereocenters. The van der Waals surface area contributed by atoms with Crippen LogP contribution in [0.5, 0.6) is 0 Å². The van der Waals surface area contributed by atoms with Gasteiger partial charge in [-0.25, -0.2) is 29.4 Å². The third-order valence-corrected chi connectivity index (χ3v) is 27.2. The fourth-order valence-electron chi connectivity index (χ4n) is 3.39. The summed E-state index contributed by atoms with van der Waals surface area (Å²) in [5, 5.41) is 7.14. The van der Waals surface area contributed by atoms with Crippen LogP contribution in [0.15, 0.2) is 15.0 Å². The van der Waals surface area contributed by atoms with Crippen molar-refractivity contribution >= 4 is 164 Å². The maximum Gasteiger partial charge on any atom is 0 e. The van der Waals surface area contributed by atoms with Crippen LogP contribution < -0.4 is 29.2 Å². The van der Waals surface area contributed by atoms with Gasteiger partial charge in [-0.1, -0.05) is 0 Å². The number of rotatable bonds is 29. The summed E-state index contributed by atoms with van der Waals surface area (Å²) in [6.45, 7) is 6.65. The van der Waals surface area contributed by atoms with Crippen LogP contribution in [-0.4, -0.2) is 169 Å². The fraction of sp³-hybridized carbons (Fsp3) is 0.640. The van der Waals surface area contributed by atoms with Crippen LogP contribution in [0.25, 0.3) is 0 Å². The second-order valence-electron chi connectivity index (χ2n) is 10.2. The van der Waals surface area contributed by atoms with E-state index in [1.165, 1.54) is 67.3 Å². The Balaban J connectivity index is -0.0000000883. The van der Waals surface area contributed by atoms with E-state index < -0.39 is 51.9 Å². The van der Waals surface area contributed by atoms with E-state index in [9.17, 15) is 28.8 Å². The number of aliphatic imine (C=N–C) groups is 3. The van der Waals surface area contributed by atoms with Gasteiger partial charge in [-0.3, -0.25) is 0 Å². The van der Waals surface area contributed by atoms with Gasteiger partial charge < -0.3 is 95.6 Å². The Hall–Kier alpha value is 4.41. The molecule has 0 aliphatic rings. The molecule has 0 aliphatic heterocycles. The standard InChI is InChI=1S/C11H24N3O8Si3.C11H21N3O8Si3.3CH3.I3.I2.3Y/c2*1-18-23(4,9-12-6-15)21-25(20-3,11-14-8-17)22-24(5,19-2)10-13-7-16;;;;1-3-2;1-2;;;/h9-11H2,1-5H3,(H,12,15)(H,13,16)(H,14,17);9-11H2,1-5H3;3*1H3;;;;;/q-3;;4*-1;;;;. The number of isocyanates is 3. The Morgan fingerprint density at radius 2 is 0.738 bits per heavy atom. The van der Waals surface area contributed by atoms with Crippen molar-refractivity contribution in [2.45, 2.75) is 26.2 Å². The van der Waals surface area contributed by atoms with Crippen LogP contribution in [0.1, 0.15) is 0 Å². The zero-order valence-electron chi connectivity index (χ0n) is 36.2. The first kappa shape index (κ1) is 88.4. The van der Waals surface area contributed by atoms with Crippen LogP contribution in [0.4, 0.5) is 0 Å². The first-order chi connectivity index (χ1) is 26.0. The van der Waals surface area contributed by atoms with Gasteiger partial charge in [0.05, 0.1) is 18.5 Å². The molecular weight excluding hydrogens is 1710 g/mol. The van der Waals surface area contributed by atoms with Crippen molar-refractivity contribution in [3.8, 4) is 0 Å². The van der Waals surface area contributed by atoms with E-state index in [0.29, 0.717) is 13.3 Å². The van der Waals surface area contributed by atoms with Crippen molar-refractivity contribution in [1.29, 1.82) is 0 Å². The monoisotopic (exact) mass is 1760 g/mol. The third kappa shape index (κ3) is 43.0. The summed E-state index contributed by atoms with van der Waals surface area (Å²) in [4.78, 5) is 73.5. The van der Waals surface area contributed by atoms with Crippen LogP contribution in [-0.2, 0) is 170 Å². The van der Waals surface area contributed by atoms with E-state index in [0.717, 1.165) is 0 Å². The minimum atomic E-state index is -3.64. The Labute approximate surface area is 497 Å². The van der Waals surface area contributed by atoms with E-state index in [2.05, 4.69) is 105 Å². The van der Waals surface area contributed by atoms with E-state index in [-0.39, 0.29) is 157 Å². The van der Waals surface area contributed by atoms with E-state index in [1.54, 1.807) is 39.0 Å². The Morgan fingerprint density at radius 1 is 0.492 bits per heavy atom. The average molecular weight is 1760 g/mol. The van der Waals surface area contributed by atoms with Crippen LogP contribution in [0.3, 0.4) is 0 Å². The molecule has 0 aromatic heterocycles. The Bertz CT molecular complexity index is 1180. The van der Waals surface area contributed by atoms with Gasteiger partial charge in [0.25, 0.3) is 0 Å². The summed E-state index contributed by atoms with van der Waals surface area (Å²) in [5.41, 5.74) is 0. The molecule has 0 heterocycles. The summed E-state index contributed by atoms with van der Waals surface area (Å²) in [5.74, 6) is 0. The first-order valence-electron chi connectivity index (χ1n) is 14.5. The predicted molar refractivity (Wildman–Crippen MR) is 260 cm³/mol. The predicted octanol–water partition coefficient (Wildman–Crippen LogP) is -0.813. The Kier molecular flexibility index (Phi) is 77.9. The van der Waals surface area contributed by atoms with Crippen molar-refractivity contribution < 1.29 is 183 Å². The maximum atomic E-state index is 10.6. The molecule has 3 radical (unpaired) electrons. The van der Waals surface area contributed by atoms with Gasteiger partial charge in [-0.05, 0) is 26.2 Å². The van der Waals surface area contributed by atoms with Gasteiger partial charge in [0.15, 0.2) is 0 Å². The van der Waals surface area contributed by atoms with E-state index >= 15 is 0 Å². The molecule has 0 rings (SSSR count). The fourth-order valence-corrected chi connectivity index (χ4v) is 22.7. The Morgan fingerprint density at radius 3 is 0.967 bits per heavy atom. The summed E-state index contributed by atoms with van der Waals surface area (Å²) >= 11 is 9.54. The SMILES string of the molecule is CO[Si](C)(CN=C=O)O[Si](CN=C=O)(OC)O[Si](C)(CN=C=O)OC.CO[Si](C)(CN[C-]=O)O[Si](CN[C-]=O)(OC)O[Si](C)(CN[C-]=O)OC.II.I[I-]I.[CH3-].[CH3-].[CH3-].[Y].[Y].[Y]. The molecule has 0 spiro atoms. The van der Waals surface area contributed by atoms with Crippen molar-refractivity contribution in [3.05, 3.63) is 22.3 Å². The maximum absolute atomic E-state index is 10.6. The minimum absolute atomic E-state index is 0. The number of amides is 3. The zero-order valence-corrected chi connectivity index (χ0v) is 61.5. The number of halogens is 5. The van der Waals surface area contributed by atoms with Gasteiger partial charge in [-0.2, -0.15) is 19.2 Å². The number of nitrogens with one attached hydrogen (secondary N) is 3. The molecule has 355 valence electrons. The molecule has 0 aromatic carbocycles. The van der Waals surface area contributed by atoms with Crippen LogP contribution in [0.2, 0.25) is 26.2 Å². The molecule has 0 saturated heterocycles. The molecule has 36 heteroatoms. The molecule has 0 fully saturated rings. The molecular formula is C25H54I5N6O16Si6Y3-7. The zero-order chi connectivity index (χ0) is 43.5. The van der Waals surface area contributed by atoms with Gasteiger partial charge in [0.1, 0.15) is 6.17 Å². The minimum Gasteiger partial charge on any atom is -0.358 e. The molecule has 22 nitrogen and oxygen atoms in total. The van der Waals surface area contributed by atoms with Gasteiger partial charge >= 0.3 is 102 Å². The molecule has 0 aromatic rings. The topological polar surface area (TPSA) is 268 Å². The normalized spacial score (nSPS) is 15.1. The second-order valence-corrected chi connectivity index (χ2v) is 46.0. The summed E-state index contributed by atoms with van der Waals surface area (Å²) in [7, 11) is -10.8. The molecule has 61 heavy (non-hydrogen) atoms. The quantitative estimate of drug-likeness (QED) is 0.0206. The number of hydrogen-bond donors (Lipinski definition) is 3. The van der Waals surface area contributed by atoms with Gasteiger partial charge in [0, 0.05) is 190 Å². The molecule has 4 unspecified atom stereocenters. The molecule has 3 amide bonds. The summed E-state index contributed by atoms with van der Waals surface area (Å²) < 4.78 is 56.6. The molecule has 0 bridgehead atoms. The van der Waals surface area contributed by atoms with Crippen molar-refractivity contribution in [1.82, 2.24) is 16.0 Å². The summed E-state index contributed by atoms with van der Waals surface area (Å²) in [6, 6.07) is 0. The van der Waals surface area contributed by atoms with E-state index in [4.69, 9.17) is 43.0 Å². The summed E-state index contributed by atoms with van der Waals surface area (Å²) in [6.07, 6.45) is 8.59. The van der Waals surface area contributed by atoms with Crippen molar-refractivity contribution in [2.24, 2.45) is 15.0 Å². The van der Waals surface area contributed by atoms with Crippen LogP contribution >= 0.6 is 74.5 Å².